The summed E-state index contributed by atoms with van der Waals surface area (Å²) in [5, 5.41) is 0. The van der Waals surface area contributed by atoms with Crippen LogP contribution >= 0.6 is 11.3 Å². The van der Waals surface area contributed by atoms with Crippen LogP contribution in [0.1, 0.15) is 27.4 Å². The average molecular weight is 282 g/mol. The molecule has 1 saturated heterocycles. The van der Waals surface area contributed by atoms with Gasteiger partial charge in [-0.15, -0.1) is 11.3 Å². The van der Waals surface area contributed by atoms with E-state index in [0.29, 0.717) is 4.88 Å². The van der Waals surface area contributed by atoms with Crippen molar-refractivity contribution in [2.24, 2.45) is 17.5 Å². The van der Waals surface area contributed by atoms with E-state index in [-0.39, 0.29) is 17.7 Å². The molecule has 0 radical (unpaired) electrons. The van der Waals surface area contributed by atoms with Gasteiger partial charge < -0.3 is 5.73 Å². The number of carbonyl (C=O) groups excluding carboxylic acids is 2. The number of hydrogen-bond donors (Lipinski definition) is 3. The van der Waals surface area contributed by atoms with Gasteiger partial charge in [0.1, 0.15) is 0 Å². The first-order valence-corrected chi connectivity index (χ1v) is 7.03. The number of nitrogens with one attached hydrogen (secondary N) is 1. The molecule has 2 heterocycles. The largest absolute Gasteiger partial charge is 0.369 e. The fraction of sp³-hybridized carbons (Fsp3) is 0.500. The number of likely N-dealkylation sites (tertiary alicyclic amines) is 1. The first-order valence-electron chi connectivity index (χ1n) is 6.21. The minimum absolute atomic E-state index is 0.0122. The number of thiophene rings is 1. The summed E-state index contributed by atoms with van der Waals surface area (Å²) in [6.07, 6.45) is 1.63. The van der Waals surface area contributed by atoms with Gasteiger partial charge in [0.15, 0.2) is 0 Å². The van der Waals surface area contributed by atoms with E-state index in [0.717, 1.165) is 37.4 Å². The summed E-state index contributed by atoms with van der Waals surface area (Å²) in [5.74, 6) is 4.65. The average Bonchev–Trinajstić information content (AvgIpc) is 2.87. The van der Waals surface area contributed by atoms with Crippen LogP contribution < -0.4 is 17.0 Å². The third-order valence-electron chi connectivity index (χ3n) is 3.39. The Morgan fingerprint density at radius 1 is 1.37 bits per heavy atom. The number of rotatable bonds is 4. The minimum atomic E-state index is -0.260. The molecule has 7 heteroatoms. The Kier molecular flexibility index (Phi) is 4.52. The molecule has 6 nitrogen and oxygen atoms in total. The van der Waals surface area contributed by atoms with E-state index < -0.39 is 0 Å². The zero-order valence-corrected chi connectivity index (χ0v) is 11.4. The Hall–Kier alpha value is -1.44. The summed E-state index contributed by atoms with van der Waals surface area (Å²) in [6.45, 7) is 2.53. The van der Waals surface area contributed by atoms with Gasteiger partial charge in [-0.2, -0.15) is 0 Å². The second-order valence-corrected chi connectivity index (χ2v) is 5.86. The molecule has 1 fully saturated rings. The summed E-state index contributed by atoms with van der Waals surface area (Å²) in [6, 6.07) is 3.72. The van der Waals surface area contributed by atoms with Gasteiger partial charge in [0.25, 0.3) is 5.91 Å². The van der Waals surface area contributed by atoms with E-state index in [1.807, 2.05) is 6.07 Å². The molecule has 1 aliphatic heterocycles. The summed E-state index contributed by atoms with van der Waals surface area (Å²) in [4.78, 5) is 26.4. The molecule has 5 N–H and O–H groups in total. The van der Waals surface area contributed by atoms with Gasteiger partial charge in [-0.3, -0.25) is 19.9 Å². The first-order chi connectivity index (χ1) is 9.10. The topological polar surface area (TPSA) is 101 Å². The maximum absolute atomic E-state index is 11.3. The number of carbonyl (C=O) groups is 2. The van der Waals surface area contributed by atoms with E-state index in [9.17, 15) is 9.59 Å². The molecule has 1 aliphatic rings. The number of amides is 2. The quantitative estimate of drug-likeness (QED) is 0.412. The number of nitrogens with two attached hydrogens (primary N) is 2. The van der Waals surface area contributed by atoms with Crippen LogP contribution in [0.2, 0.25) is 0 Å². The molecule has 1 aromatic rings. The molecule has 0 spiro atoms. The molecule has 104 valence electrons. The van der Waals surface area contributed by atoms with Gasteiger partial charge >= 0.3 is 0 Å². The van der Waals surface area contributed by atoms with Crippen LogP contribution in [0.25, 0.3) is 0 Å². The SMILES string of the molecule is NNC(=O)c1ccc(CN2CCC(C(N)=O)CC2)s1. The summed E-state index contributed by atoms with van der Waals surface area (Å²) < 4.78 is 0. The Morgan fingerprint density at radius 3 is 2.63 bits per heavy atom. The molecule has 0 unspecified atom stereocenters. The highest BCUT2D eigenvalue weighted by molar-refractivity contribution is 7.14. The van der Waals surface area contributed by atoms with Crippen LogP contribution in [0.5, 0.6) is 0 Å². The van der Waals surface area contributed by atoms with Crippen molar-refractivity contribution in [1.29, 1.82) is 0 Å². The van der Waals surface area contributed by atoms with E-state index in [4.69, 9.17) is 11.6 Å². The van der Waals surface area contributed by atoms with Crippen molar-refractivity contribution in [3.05, 3.63) is 21.9 Å². The molecular weight excluding hydrogens is 264 g/mol. The molecule has 2 amide bonds. The van der Waals surface area contributed by atoms with Crippen LogP contribution in [0.3, 0.4) is 0 Å². The molecule has 0 aliphatic carbocycles. The Morgan fingerprint density at radius 2 is 2.05 bits per heavy atom. The van der Waals surface area contributed by atoms with Gasteiger partial charge in [-0.05, 0) is 38.1 Å². The van der Waals surface area contributed by atoms with E-state index in [2.05, 4.69) is 10.3 Å². The van der Waals surface area contributed by atoms with Crippen molar-refractivity contribution in [3.8, 4) is 0 Å². The fourth-order valence-corrected chi connectivity index (χ4v) is 3.21. The number of hydrogen-bond acceptors (Lipinski definition) is 5. The highest BCUT2D eigenvalue weighted by Gasteiger charge is 2.23. The molecule has 1 aromatic heterocycles. The Labute approximate surface area is 115 Å². The first kappa shape index (κ1) is 14.0. The van der Waals surface area contributed by atoms with E-state index in [1.165, 1.54) is 11.3 Å². The van der Waals surface area contributed by atoms with Gasteiger partial charge in [0.2, 0.25) is 5.91 Å². The van der Waals surface area contributed by atoms with Crippen LogP contribution in [-0.2, 0) is 11.3 Å². The third-order valence-corrected chi connectivity index (χ3v) is 4.45. The Balaban J connectivity index is 1.87. The number of hydrazine groups is 1. The number of nitrogen functional groups attached to an aromatic ring is 1. The lowest BCUT2D eigenvalue weighted by atomic mass is 9.96. The minimum Gasteiger partial charge on any atom is -0.369 e. The number of piperidine rings is 1. The maximum Gasteiger partial charge on any atom is 0.275 e. The van der Waals surface area contributed by atoms with Gasteiger partial charge in [-0.25, -0.2) is 5.84 Å². The maximum atomic E-state index is 11.3. The molecular formula is C12H18N4O2S. The third kappa shape index (κ3) is 3.52. The van der Waals surface area contributed by atoms with Crippen LogP contribution in [0.4, 0.5) is 0 Å². The molecule has 0 atom stereocenters. The number of nitrogens with zero attached hydrogens (tertiary/aromatic N) is 1. The van der Waals surface area contributed by atoms with Gasteiger partial charge in [0.05, 0.1) is 4.88 Å². The summed E-state index contributed by atoms with van der Waals surface area (Å²) in [7, 11) is 0. The monoisotopic (exact) mass is 282 g/mol. The smallest absolute Gasteiger partial charge is 0.275 e. The molecule has 0 saturated carbocycles. The predicted octanol–water partition coefficient (Wildman–Crippen LogP) is 0.0489. The standard InChI is InChI=1S/C12H18N4O2S/c13-11(17)8-3-5-16(6-4-8)7-9-1-2-10(19-9)12(18)15-14/h1-2,8H,3-7,14H2,(H2,13,17)(H,15,18). The molecule has 0 aromatic carbocycles. The van der Waals surface area contributed by atoms with Crippen LogP contribution in [0, 0.1) is 5.92 Å². The van der Waals surface area contributed by atoms with Crippen molar-refractivity contribution in [1.82, 2.24) is 10.3 Å². The van der Waals surface area contributed by atoms with Crippen molar-refractivity contribution in [2.75, 3.05) is 13.1 Å². The Bertz CT molecular complexity index is 466. The highest BCUT2D eigenvalue weighted by Crippen LogP contribution is 2.22. The summed E-state index contributed by atoms with van der Waals surface area (Å²) >= 11 is 1.44. The number of primary amides is 1. The molecule has 2 rings (SSSR count). The van der Waals surface area contributed by atoms with Crippen molar-refractivity contribution in [2.45, 2.75) is 19.4 Å². The lowest BCUT2D eigenvalue weighted by Crippen LogP contribution is -2.37. The summed E-state index contributed by atoms with van der Waals surface area (Å²) in [5.41, 5.74) is 7.43. The van der Waals surface area contributed by atoms with Gasteiger partial charge in [-0.1, -0.05) is 0 Å². The molecule has 0 bridgehead atoms. The highest BCUT2D eigenvalue weighted by atomic mass is 32.1. The van der Waals surface area contributed by atoms with Crippen molar-refractivity contribution >= 4 is 23.2 Å². The van der Waals surface area contributed by atoms with Gasteiger partial charge in [0, 0.05) is 17.3 Å². The van der Waals surface area contributed by atoms with E-state index >= 15 is 0 Å². The molecule has 19 heavy (non-hydrogen) atoms. The fourth-order valence-electron chi connectivity index (χ4n) is 2.25. The lowest BCUT2D eigenvalue weighted by molar-refractivity contribution is -0.123. The zero-order chi connectivity index (χ0) is 13.8. The lowest BCUT2D eigenvalue weighted by Gasteiger charge is -2.29. The predicted molar refractivity (Wildman–Crippen MR) is 73.2 cm³/mol. The van der Waals surface area contributed by atoms with Crippen LogP contribution in [0.15, 0.2) is 12.1 Å². The normalized spacial score (nSPS) is 17.3. The van der Waals surface area contributed by atoms with E-state index in [1.54, 1.807) is 6.07 Å². The van der Waals surface area contributed by atoms with Crippen molar-refractivity contribution in [3.63, 3.8) is 0 Å². The zero-order valence-electron chi connectivity index (χ0n) is 10.6. The second-order valence-electron chi connectivity index (χ2n) is 4.69. The second kappa shape index (κ2) is 6.14. The van der Waals surface area contributed by atoms with Crippen molar-refractivity contribution < 1.29 is 9.59 Å². The van der Waals surface area contributed by atoms with Crippen LogP contribution in [-0.4, -0.2) is 29.8 Å².